The van der Waals surface area contributed by atoms with Crippen molar-refractivity contribution < 1.29 is 15.0 Å². The first-order valence-electron chi connectivity index (χ1n) is 5.08. The molecule has 1 aromatic rings. The van der Waals surface area contributed by atoms with E-state index in [-0.39, 0.29) is 0 Å². The van der Waals surface area contributed by atoms with Crippen molar-refractivity contribution in [2.45, 2.75) is 25.6 Å². The lowest BCUT2D eigenvalue weighted by atomic mass is 9.97. The summed E-state index contributed by atoms with van der Waals surface area (Å²) in [6.45, 7) is 1.81. The largest absolute Gasteiger partial charge is 0.390 e. The number of hydrogen-bond donors (Lipinski definition) is 2. The Balaban J connectivity index is 2.91. The molecule has 0 saturated heterocycles. The van der Waals surface area contributed by atoms with Crippen LogP contribution in [0.3, 0.4) is 0 Å². The van der Waals surface area contributed by atoms with Gasteiger partial charge >= 0.3 is 0 Å². The number of hydrogen-bond acceptors (Lipinski definition) is 3. The molecule has 2 atom stereocenters. The van der Waals surface area contributed by atoms with E-state index in [0.29, 0.717) is 22.9 Å². The number of aryl methyl sites for hydroxylation is 1. The van der Waals surface area contributed by atoms with E-state index >= 15 is 0 Å². The maximum atomic E-state index is 10.6. The monoisotopic (exact) mass is 286 g/mol. The SMILES string of the molecule is Cc1cc(C=O)ccc1C(O)C(O)CCBr. The van der Waals surface area contributed by atoms with Gasteiger partial charge in [0.25, 0.3) is 0 Å². The van der Waals surface area contributed by atoms with Gasteiger partial charge in [-0.05, 0) is 30.5 Å². The van der Waals surface area contributed by atoms with E-state index in [1.54, 1.807) is 18.2 Å². The minimum absolute atomic E-state index is 0.482. The van der Waals surface area contributed by atoms with Crippen LogP contribution in [0.25, 0.3) is 0 Å². The number of halogens is 1. The molecule has 2 unspecified atom stereocenters. The number of carbonyl (C=O) groups is 1. The third kappa shape index (κ3) is 3.14. The average Bonchev–Trinajstić information content (AvgIpc) is 2.28. The summed E-state index contributed by atoms with van der Waals surface area (Å²) >= 11 is 3.21. The van der Waals surface area contributed by atoms with Gasteiger partial charge in [0, 0.05) is 10.9 Å². The van der Waals surface area contributed by atoms with Crippen LogP contribution < -0.4 is 0 Å². The molecule has 1 aromatic carbocycles. The molecular formula is C12H15BrO3. The van der Waals surface area contributed by atoms with Crippen LogP contribution in [-0.4, -0.2) is 27.9 Å². The Bertz CT molecular complexity index is 365. The van der Waals surface area contributed by atoms with Gasteiger partial charge in [-0.25, -0.2) is 0 Å². The lowest BCUT2D eigenvalue weighted by molar-refractivity contribution is 0.0170. The summed E-state index contributed by atoms with van der Waals surface area (Å²) < 4.78 is 0. The van der Waals surface area contributed by atoms with Crippen molar-refractivity contribution >= 4 is 22.2 Å². The van der Waals surface area contributed by atoms with Crippen molar-refractivity contribution in [1.29, 1.82) is 0 Å². The fourth-order valence-corrected chi connectivity index (χ4v) is 2.05. The zero-order chi connectivity index (χ0) is 12.1. The highest BCUT2D eigenvalue weighted by Gasteiger charge is 2.19. The molecular weight excluding hydrogens is 272 g/mol. The van der Waals surface area contributed by atoms with Gasteiger partial charge in [-0.15, -0.1) is 0 Å². The highest BCUT2D eigenvalue weighted by molar-refractivity contribution is 9.09. The average molecular weight is 287 g/mol. The predicted octanol–water partition coefficient (Wildman–Crippen LogP) is 1.99. The molecule has 0 aromatic heterocycles. The Morgan fingerprint density at radius 2 is 2.12 bits per heavy atom. The minimum Gasteiger partial charge on any atom is -0.390 e. The number of aliphatic hydroxyl groups is 2. The third-order valence-electron chi connectivity index (χ3n) is 2.52. The summed E-state index contributed by atoms with van der Waals surface area (Å²) in [6, 6.07) is 5.02. The molecule has 0 fully saturated rings. The molecule has 0 aliphatic heterocycles. The number of alkyl halides is 1. The predicted molar refractivity (Wildman–Crippen MR) is 65.9 cm³/mol. The van der Waals surface area contributed by atoms with E-state index in [1.165, 1.54) is 0 Å². The lowest BCUT2D eigenvalue weighted by Crippen LogP contribution is -2.19. The van der Waals surface area contributed by atoms with Gasteiger partial charge in [0.15, 0.2) is 0 Å². The first-order chi connectivity index (χ1) is 7.60. The Morgan fingerprint density at radius 1 is 1.44 bits per heavy atom. The minimum atomic E-state index is -0.904. The molecule has 0 saturated carbocycles. The van der Waals surface area contributed by atoms with Crippen LogP contribution >= 0.6 is 15.9 Å². The molecule has 3 nitrogen and oxygen atoms in total. The van der Waals surface area contributed by atoms with Crippen molar-refractivity contribution in [3.63, 3.8) is 0 Å². The molecule has 0 bridgehead atoms. The Morgan fingerprint density at radius 3 is 2.62 bits per heavy atom. The number of aliphatic hydroxyl groups excluding tert-OH is 2. The first-order valence-corrected chi connectivity index (χ1v) is 6.20. The van der Waals surface area contributed by atoms with Crippen LogP contribution in [-0.2, 0) is 0 Å². The van der Waals surface area contributed by atoms with Crippen molar-refractivity contribution in [2.75, 3.05) is 5.33 Å². The Hall–Kier alpha value is -0.710. The summed E-state index contributed by atoms with van der Waals surface area (Å²) in [5.74, 6) is 0. The Labute approximate surface area is 103 Å². The van der Waals surface area contributed by atoms with Gasteiger partial charge in [-0.1, -0.05) is 28.1 Å². The summed E-state index contributed by atoms with van der Waals surface area (Å²) in [4.78, 5) is 10.6. The molecule has 0 spiro atoms. The van der Waals surface area contributed by atoms with Crippen LogP contribution in [0.15, 0.2) is 18.2 Å². The Kier molecular flexibility index (Phi) is 5.12. The molecule has 0 aliphatic carbocycles. The molecule has 1 rings (SSSR count). The third-order valence-corrected chi connectivity index (χ3v) is 2.98. The lowest BCUT2D eigenvalue weighted by Gasteiger charge is -2.19. The second-order valence-electron chi connectivity index (χ2n) is 3.72. The molecule has 0 amide bonds. The number of aldehydes is 1. The number of carbonyl (C=O) groups excluding carboxylic acids is 1. The molecule has 0 aliphatic rings. The zero-order valence-corrected chi connectivity index (χ0v) is 10.6. The smallest absolute Gasteiger partial charge is 0.150 e. The van der Waals surface area contributed by atoms with E-state index in [4.69, 9.17) is 0 Å². The normalized spacial score (nSPS) is 14.5. The van der Waals surface area contributed by atoms with E-state index in [0.717, 1.165) is 11.8 Å². The van der Waals surface area contributed by atoms with Crippen molar-refractivity contribution in [3.8, 4) is 0 Å². The molecule has 2 N–H and O–H groups in total. The number of rotatable bonds is 5. The quantitative estimate of drug-likeness (QED) is 0.643. The van der Waals surface area contributed by atoms with Gasteiger partial charge in [0.05, 0.1) is 6.10 Å². The zero-order valence-electron chi connectivity index (χ0n) is 9.06. The molecule has 4 heteroatoms. The summed E-state index contributed by atoms with van der Waals surface area (Å²) in [5.41, 5.74) is 2.05. The van der Waals surface area contributed by atoms with Gasteiger partial charge in [0.2, 0.25) is 0 Å². The second kappa shape index (κ2) is 6.13. The van der Waals surface area contributed by atoms with Crippen LogP contribution in [0.2, 0.25) is 0 Å². The van der Waals surface area contributed by atoms with Crippen LogP contribution in [0, 0.1) is 6.92 Å². The highest BCUT2D eigenvalue weighted by Crippen LogP contribution is 2.23. The summed E-state index contributed by atoms with van der Waals surface area (Å²) in [6.07, 6.45) is -0.452. The molecule has 88 valence electrons. The van der Waals surface area contributed by atoms with Crippen LogP contribution in [0.5, 0.6) is 0 Å². The van der Waals surface area contributed by atoms with Crippen LogP contribution in [0.1, 0.15) is 34.0 Å². The fourth-order valence-electron chi connectivity index (χ4n) is 1.58. The van der Waals surface area contributed by atoms with Gasteiger partial charge in [0.1, 0.15) is 12.4 Å². The van der Waals surface area contributed by atoms with E-state index in [1.807, 2.05) is 6.92 Å². The van der Waals surface area contributed by atoms with Gasteiger partial charge < -0.3 is 10.2 Å². The highest BCUT2D eigenvalue weighted by atomic mass is 79.9. The maximum Gasteiger partial charge on any atom is 0.150 e. The molecule has 0 radical (unpaired) electrons. The summed E-state index contributed by atoms with van der Waals surface area (Å²) in [7, 11) is 0. The van der Waals surface area contributed by atoms with Crippen molar-refractivity contribution in [1.82, 2.24) is 0 Å². The molecule has 0 heterocycles. The first kappa shape index (κ1) is 13.4. The molecule has 16 heavy (non-hydrogen) atoms. The maximum absolute atomic E-state index is 10.6. The van der Waals surface area contributed by atoms with Gasteiger partial charge in [-0.2, -0.15) is 0 Å². The van der Waals surface area contributed by atoms with E-state index in [2.05, 4.69) is 15.9 Å². The van der Waals surface area contributed by atoms with Crippen molar-refractivity contribution in [3.05, 3.63) is 34.9 Å². The standard InChI is InChI=1S/C12H15BrO3/c1-8-6-9(7-14)2-3-10(8)12(16)11(15)4-5-13/h2-3,6-7,11-12,15-16H,4-5H2,1H3. The fraction of sp³-hybridized carbons (Fsp3) is 0.417. The van der Waals surface area contributed by atoms with E-state index in [9.17, 15) is 15.0 Å². The summed E-state index contributed by atoms with van der Waals surface area (Å²) in [5, 5.41) is 20.2. The second-order valence-corrected chi connectivity index (χ2v) is 4.52. The van der Waals surface area contributed by atoms with E-state index < -0.39 is 12.2 Å². The van der Waals surface area contributed by atoms with Crippen LogP contribution in [0.4, 0.5) is 0 Å². The van der Waals surface area contributed by atoms with Gasteiger partial charge in [-0.3, -0.25) is 4.79 Å². The topological polar surface area (TPSA) is 57.5 Å². The number of benzene rings is 1. The van der Waals surface area contributed by atoms with Crippen molar-refractivity contribution in [2.24, 2.45) is 0 Å².